The molecule has 1 aliphatic heterocycles. The van der Waals surface area contributed by atoms with Gasteiger partial charge in [-0.15, -0.1) is 11.8 Å². The number of nitrogens with zero attached hydrogens (tertiary/aromatic N) is 1. The van der Waals surface area contributed by atoms with E-state index in [-0.39, 0.29) is 22.8 Å². The van der Waals surface area contributed by atoms with Crippen molar-refractivity contribution in [2.45, 2.75) is 24.9 Å². The highest BCUT2D eigenvalue weighted by atomic mass is 32.2. The molecule has 0 saturated heterocycles. The predicted octanol–water partition coefficient (Wildman–Crippen LogP) is 5.29. The number of amides is 2. The first-order valence-electron chi connectivity index (χ1n) is 8.42. The highest BCUT2D eigenvalue weighted by Crippen LogP contribution is 2.36. The van der Waals surface area contributed by atoms with Crippen LogP contribution in [0.4, 0.5) is 23.2 Å². The normalized spacial score (nSPS) is 14.4. The molecule has 2 aromatic rings. The highest BCUT2D eigenvalue weighted by molar-refractivity contribution is 8.00. The maximum absolute atomic E-state index is 13.0. The van der Waals surface area contributed by atoms with Gasteiger partial charge < -0.3 is 4.74 Å². The smallest absolute Gasteiger partial charge is 0.387 e. The van der Waals surface area contributed by atoms with Gasteiger partial charge in [0.05, 0.1) is 17.0 Å². The first-order valence-corrected chi connectivity index (χ1v) is 9.41. The molecule has 0 fully saturated rings. The molecule has 0 bridgehead atoms. The molecule has 3 rings (SSSR count). The zero-order chi connectivity index (χ0) is 21.1. The Morgan fingerprint density at radius 3 is 2.59 bits per heavy atom. The van der Waals surface area contributed by atoms with Gasteiger partial charge in [0.1, 0.15) is 5.75 Å². The number of halogens is 4. The third kappa shape index (κ3) is 4.61. The van der Waals surface area contributed by atoms with E-state index in [1.165, 1.54) is 30.8 Å². The van der Waals surface area contributed by atoms with E-state index in [0.29, 0.717) is 5.69 Å². The Hall–Kier alpha value is -2.81. The van der Waals surface area contributed by atoms with Gasteiger partial charge in [-0.2, -0.15) is 8.78 Å². The van der Waals surface area contributed by atoms with Gasteiger partial charge in [0.2, 0.25) is 5.91 Å². The first kappa shape index (κ1) is 20.9. The minimum atomic E-state index is -3.27. The minimum absolute atomic E-state index is 0.103. The topological polar surface area (TPSA) is 46.6 Å². The van der Waals surface area contributed by atoms with E-state index in [1.54, 1.807) is 24.3 Å². The Balaban J connectivity index is 1.93. The Morgan fingerprint density at radius 1 is 1.17 bits per heavy atom. The van der Waals surface area contributed by atoms with Gasteiger partial charge in [0.25, 0.3) is 12.3 Å². The van der Waals surface area contributed by atoms with Gasteiger partial charge in [0.15, 0.2) is 0 Å². The molecule has 0 spiro atoms. The summed E-state index contributed by atoms with van der Waals surface area (Å²) in [7, 11) is 0. The van der Waals surface area contributed by atoms with Gasteiger partial charge >= 0.3 is 6.61 Å². The fraction of sp³-hybridized carbons (Fsp3) is 0.200. The van der Waals surface area contributed by atoms with E-state index in [0.717, 1.165) is 21.9 Å². The Bertz CT molecular complexity index is 978. The number of anilines is 1. The van der Waals surface area contributed by atoms with Crippen LogP contribution in [-0.2, 0) is 9.59 Å². The van der Waals surface area contributed by atoms with E-state index in [4.69, 9.17) is 0 Å². The van der Waals surface area contributed by atoms with Crippen LogP contribution in [0.3, 0.4) is 0 Å². The summed E-state index contributed by atoms with van der Waals surface area (Å²) in [6, 6.07) is 10.2. The number of rotatable bonds is 5. The average molecular weight is 425 g/mol. The van der Waals surface area contributed by atoms with Crippen LogP contribution in [0.2, 0.25) is 0 Å². The SMILES string of the molecule is C/C(=C\c1ccc(C(F)F)c(OC(F)F)c1)C(=O)N1C(=O)CSc2ccccc21. The summed E-state index contributed by atoms with van der Waals surface area (Å²) in [5.41, 5.74) is 0.126. The summed E-state index contributed by atoms with van der Waals surface area (Å²) >= 11 is 1.32. The van der Waals surface area contributed by atoms with Crippen LogP contribution in [0.15, 0.2) is 52.9 Å². The van der Waals surface area contributed by atoms with Crippen molar-refractivity contribution in [1.29, 1.82) is 0 Å². The van der Waals surface area contributed by atoms with Gasteiger partial charge in [-0.1, -0.05) is 18.2 Å². The maximum atomic E-state index is 13.0. The number of ether oxygens (including phenoxy) is 1. The number of alkyl halides is 4. The molecular weight excluding hydrogens is 410 g/mol. The van der Waals surface area contributed by atoms with Crippen molar-refractivity contribution >= 4 is 35.3 Å². The number of hydrogen-bond donors (Lipinski definition) is 0. The van der Waals surface area contributed by atoms with Crippen LogP contribution < -0.4 is 9.64 Å². The predicted molar refractivity (Wildman–Crippen MR) is 101 cm³/mol. The number of hydrogen-bond acceptors (Lipinski definition) is 4. The summed E-state index contributed by atoms with van der Waals surface area (Å²) in [6.45, 7) is -1.82. The second-order valence-electron chi connectivity index (χ2n) is 6.09. The summed E-state index contributed by atoms with van der Waals surface area (Å²) in [4.78, 5) is 27.0. The first-order chi connectivity index (χ1) is 13.8. The molecule has 2 amide bonds. The lowest BCUT2D eigenvalue weighted by Crippen LogP contribution is -2.40. The molecule has 0 aliphatic carbocycles. The van der Waals surface area contributed by atoms with Crippen LogP contribution in [0.25, 0.3) is 6.08 Å². The number of thioether (sulfide) groups is 1. The van der Waals surface area contributed by atoms with Gasteiger partial charge in [-0.05, 0) is 42.8 Å². The molecule has 29 heavy (non-hydrogen) atoms. The second-order valence-corrected chi connectivity index (χ2v) is 7.11. The largest absolute Gasteiger partial charge is 0.434 e. The lowest BCUT2D eigenvalue weighted by atomic mass is 10.1. The molecule has 4 nitrogen and oxygen atoms in total. The molecule has 9 heteroatoms. The van der Waals surface area contributed by atoms with Crippen molar-refractivity contribution in [3.8, 4) is 5.75 Å². The molecule has 1 heterocycles. The molecule has 0 unspecified atom stereocenters. The van der Waals surface area contributed by atoms with Crippen LogP contribution in [-0.4, -0.2) is 24.2 Å². The van der Waals surface area contributed by atoms with Crippen molar-refractivity contribution in [2.24, 2.45) is 0 Å². The van der Waals surface area contributed by atoms with Crippen LogP contribution >= 0.6 is 11.8 Å². The van der Waals surface area contributed by atoms with Gasteiger partial charge in [-0.25, -0.2) is 13.7 Å². The molecule has 0 atom stereocenters. The standard InChI is InChI=1S/C20H15F4NO3S/c1-11(8-12-6-7-13(18(21)22)15(9-12)28-20(23)24)19(27)25-14-4-2-3-5-16(14)29-10-17(25)26/h2-9,18,20H,10H2,1H3/b11-8+. The van der Waals surface area contributed by atoms with E-state index >= 15 is 0 Å². The van der Waals surface area contributed by atoms with Gasteiger partial charge in [-0.3, -0.25) is 9.59 Å². The van der Waals surface area contributed by atoms with Crippen molar-refractivity contribution < 1.29 is 31.9 Å². The summed E-state index contributed by atoms with van der Waals surface area (Å²) in [6.07, 6.45) is -1.67. The number of carbonyl (C=O) groups excluding carboxylic acids is 2. The maximum Gasteiger partial charge on any atom is 0.387 e. The second kappa shape index (κ2) is 8.69. The third-order valence-electron chi connectivity index (χ3n) is 4.12. The minimum Gasteiger partial charge on any atom is -0.434 e. The quantitative estimate of drug-likeness (QED) is 0.482. The van der Waals surface area contributed by atoms with E-state index in [1.807, 2.05) is 0 Å². The summed E-state index contributed by atoms with van der Waals surface area (Å²) in [5.74, 6) is -1.54. The van der Waals surface area contributed by atoms with Crippen LogP contribution in [0.1, 0.15) is 24.5 Å². The zero-order valence-corrected chi connectivity index (χ0v) is 15.9. The molecule has 1 aliphatic rings. The van der Waals surface area contributed by atoms with Crippen LogP contribution in [0, 0.1) is 0 Å². The Morgan fingerprint density at radius 2 is 1.90 bits per heavy atom. The van der Waals surface area contributed by atoms with Crippen molar-refractivity contribution in [1.82, 2.24) is 0 Å². The molecule has 2 aromatic carbocycles. The molecule has 0 saturated carbocycles. The third-order valence-corrected chi connectivity index (χ3v) is 5.17. The highest BCUT2D eigenvalue weighted by Gasteiger charge is 2.30. The lowest BCUT2D eigenvalue weighted by molar-refractivity contribution is -0.123. The zero-order valence-electron chi connectivity index (χ0n) is 15.1. The number of fused-ring (bicyclic) bond motifs is 1. The fourth-order valence-electron chi connectivity index (χ4n) is 2.83. The Kier molecular flexibility index (Phi) is 6.26. The number of para-hydroxylation sites is 1. The molecule has 152 valence electrons. The van der Waals surface area contributed by atoms with E-state index in [9.17, 15) is 27.2 Å². The monoisotopic (exact) mass is 425 g/mol. The summed E-state index contributed by atoms with van der Waals surface area (Å²) < 4.78 is 55.2. The van der Waals surface area contributed by atoms with Crippen molar-refractivity contribution in [2.75, 3.05) is 10.7 Å². The molecule has 0 radical (unpaired) electrons. The Labute approximate surface area is 168 Å². The van der Waals surface area contributed by atoms with E-state index < -0.39 is 30.3 Å². The fourth-order valence-corrected chi connectivity index (χ4v) is 3.72. The molecular formula is C20H15F4NO3S. The number of carbonyl (C=O) groups is 2. The molecule has 0 aromatic heterocycles. The van der Waals surface area contributed by atoms with Crippen molar-refractivity contribution in [3.63, 3.8) is 0 Å². The van der Waals surface area contributed by atoms with Crippen molar-refractivity contribution in [3.05, 3.63) is 59.2 Å². The van der Waals surface area contributed by atoms with Gasteiger partial charge in [0, 0.05) is 10.5 Å². The number of imide groups is 1. The number of benzene rings is 2. The van der Waals surface area contributed by atoms with Crippen LogP contribution in [0.5, 0.6) is 5.75 Å². The van der Waals surface area contributed by atoms with E-state index in [2.05, 4.69) is 4.74 Å². The molecule has 0 N–H and O–H groups in total. The summed E-state index contributed by atoms with van der Waals surface area (Å²) in [5, 5.41) is 0. The average Bonchev–Trinajstić information content (AvgIpc) is 2.67. The lowest BCUT2D eigenvalue weighted by Gasteiger charge is -2.27.